The Labute approximate surface area is 99.3 Å². The van der Waals surface area contributed by atoms with Gasteiger partial charge in [0.2, 0.25) is 0 Å². The quantitative estimate of drug-likeness (QED) is 0.667. The average molecular weight is 260 g/mol. The van der Waals surface area contributed by atoms with Gasteiger partial charge in [0.25, 0.3) is 0 Å². The van der Waals surface area contributed by atoms with Crippen LogP contribution in [-0.4, -0.2) is 23.7 Å². The number of benzene rings is 1. The third-order valence-corrected chi connectivity index (χ3v) is 1.80. The van der Waals surface area contributed by atoms with Crippen molar-refractivity contribution in [2.24, 2.45) is 0 Å². The molecule has 0 heterocycles. The maximum Gasteiger partial charge on any atom is 0.573 e. The van der Waals surface area contributed by atoms with Crippen LogP contribution in [0.15, 0.2) is 24.3 Å². The fraction of sp³-hybridized carbons (Fsp3) is 0.0909. The van der Waals surface area contributed by atoms with E-state index in [1.165, 1.54) is 0 Å². The van der Waals surface area contributed by atoms with Crippen molar-refractivity contribution in [1.82, 2.24) is 0 Å². The van der Waals surface area contributed by atoms with Crippen LogP contribution in [0.4, 0.5) is 13.2 Å². The highest BCUT2D eigenvalue weighted by atomic mass is 19.4. The summed E-state index contributed by atoms with van der Waals surface area (Å²) in [5.74, 6) is -1.91. The van der Waals surface area contributed by atoms with E-state index in [9.17, 15) is 22.8 Å². The Hall–Kier alpha value is -2.31. The second-order valence-electron chi connectivity index (χ2n) is 3.13. The molecule has 1 N–H and O–H groups in total. The van der Waals surface area contributed by atoms with Crippen molar-refractivity contribution in [3.63, 3.8) is 0 Å². The molecular formula is C11H7F3O4. The smallest absolute Gasteiger partial charge is 0.478 e. The largest absolute Gasteiger partial charge is 0.573 e. The minimum absolute atomic E-state index is 0.106. The monoisotopic (exact) mass is 260 g/mol. The first-order valence-electron chi connectivity index (χ1n) is 4.58. The summed E-state index contributed by atoms with van der Waals surface area (Å²) in [4.78, 5) is 20.8. The molecule has 0 aliphatic heterocycles. The molecule has 0 spiro atoms. The second kappa shape index (κ2) is 5.35. The highest BCUT2D eigenvalue weighted by Gasteiger charge is 2.31. The van der Waals surface area contributed by atoms with Gasteiger partial charge < -0.3 is 9.84 Å². The van der Waals surface area contributed by atoms with Crippen LogP contribution in [0.3, 0.4) is 0 Å². The number of hydrogen-bond acceptors (Lipinski definition) is 3. The number of carbonyl (C=O) groups is 2. The third-order valence-electron chi connectivity index (χ3n) is 1.80. The first-order chi connectivity index (χ1) is 8.31. The maximum atomic E-state index is 12.1. The summed E-state index contributed by atoms with van der Waals surface area (Å²) in [6.45, 7) is 0. The number of alkyl halides is 3. The van der Waals surface area contributed by atoms with Crippen molar-refractivity contribution in [3.8, 4) is 5.75 Å². The number of aldehydes is 1. The Morgan fingerprint density at radius 2 is 2.00 bits per heavy atom. The van der Waals surface area contributed by atoms with Crippen molar-refractivity contribution in [2.75, 3.05) is 0 Å². The fourth-order valence-corrected chi connectivity index (χ4v) is 1.15. The van der Waals surface area contributed by atoms with Crippen molar-refractivity contribution >= 4 is 18.3 Å². The molecule has 0 saturated heterocycles. The van der Waals surface area contributed by atoms with E-state index in [0.29, 0.717) is 12.4 Å². The molecule has 0 atom stereocenters. The number of ether oxygens (including phenoxy) is 1. The summed E-state index contributed by atoms with van der Waals surface area (Å²) in [7, 11) is 0. The van der Waals surface area contributed by atoms with Gasteiger partial charge >= 0.3 is 12.3 Å². The molecule has 0 radical (unpaired) electrons. The average Bonchev–Trinajstić information content (AvgIpc) is 2.25. The number of halogens is 3. The molecular weight excluding hydrogens is 253 g/mol. The van der Waals surface area contributed by atoms with Crippen LogP contribution in [-0.2, 0) is 4.79 Å². The summed E-state index contributed by atoms with van der Waals surface area (Å²) >= 11 is 0. The standard InChI is InChI=1S/C11H7F3O4/c12-11(13,14)18-9-3-1-7(6-15)5-8(9)2-4-10(16)17/h1-6H,(H,16,17)/b4-2+. The molecule has 0 aromatic heterocycles. The van der Waals surface area contributed by atoms with Crippen LogP contribution in [0.1, 0.15) is 15.9 Å². The van der Waals surface area contributed by atoms with Crippen molar-refractivity contribution in [1.29, 1.82) is 0 Å². The highest BCUT2D eigenvalue weighted by Crippen LogP contribution is 2.27. The molecule has 0 fully saturated rings. The Morgan fingerprint density at radius 3 is 2.50 bits per heavy atom. The molecule has 0 bridgehead atoms. The van der Waals surface area contributed by atoms with E-state index in [0.717, 1.165) is 24.3 Å². The SMILES string of the molecule is O=Cc1ccc(OC(F)(F)F)c(/C=C/C(=O)O)c1. The van der Waals surface area contributed by atoms with E-state index in [-0.39, 0.29) is 11.1 Å². The van der Waals surface area contributed by atoms with Crippen LogP contribution in [0.2, 0.25) is 0 Å². The first-order valence-corrected chi connectivity index (χ1v) is 4.58. The normalized spacial score (nSPS) is 11.5. The maximum absolute atomic E-state index is 12.1. The van der Waals surface area contributed by atoms with Crippen LogP contribution in [0.25, 0.3) is 6.08 Å². The lowest BCUT2D eigenvalue weighted by Crippen LogP contribution is -2.17. The van der Waals surface area contributed by atoms with Gasteiger partial charge in [0.05, 0.1) is 0 Å². The van der Waals surface area contributed by atoms with Crippen LogP contribution < -0.4 is 4.74 Å². The lowest BCUT2D eigenvalue weighted by Gasteiger charge is -2.11. The van der Waals surface area contributed by atoms with Gasteiger partial charge in [-0.25, -0.2) is 4.79 Å². The molecule has 0 saturated carbocycles. The number of carbonyl (C=O) groups excluding carboxylic acids is 1. The summed E-state index contributed by atoms with van der Waals surface area (Å²) in [5.41, 5.74) is -0.0473. The number of rotatable bonds is 4. The predicted octanol–water partition coefficient (Wildman–Crippen LogP) is 2.50. The molecule has 96 valence electrons. The molecule has 0 aliphatic carbocycles. The number of aliphatic carboxylic acids is 1. The summed E-state index contributed by atoms with van der Waals surface area (Å²) in [6, 6.07) is 3.17. The zero-order valence-electron chi connectivity index (χ0n) is 8.77. The number of carboxylic acids is 1. The van der Waals surface area contributed by atoms with Gasteiger partial charge in [-0.05, 0) is 24.3 Å². The van der Waals surface area contributed by atoms with E-state index in [2.05, 4.69) is 4.74 Å². The lowest BCUT2D eigenvalue weighted by atomic mass is 10.1. The van der Waals surface area contributed by atoms with E-state index in [4.69, 9.17) is 5.11 Å². The zero-order chi connectivity index (χ0) is 13.8. The van der Waals surface area contributed by atoms with Gasteiger partial charge in [-0.1, -0.05) is 0 Å². The topological polar surface area (TPSA) is 63.6 Å². The van der Waals surface area contributed by atoms with E-state index in [1.54, 1.807) is 0 Å². The van der Waals surface area contributed by atoms with Crippen molar-refractivity contribution in [2.45, 2.75) is 6.36 Å². The summed E-state index contributed by atoms with van der Waals surface area (Å²) in [6.07, 6.45) is -2.91. The highest BCUT2D eigenvalue weighted by molar-refractivity contribution is 5.87. The van der Waals surface area contributed by atoms with E-state index >= 15 is 0 Å². The molecule has 0 aliphatic rings. The van der Waals surface area contributed by atoms with Gasteiger partial charge in [0.15, 0.2) is 0 Å². The number of hydrogen-bond donors (Lipinski definition) is 1. The number of carboxylic acid groups (broad SMARTS) is 1. The molecule has 18 heavy (non-hydrogen) atoms. The Kier molecular flexibility index (Phi) is 4.09. The molecule has 1 aromatic carbocycles. The first kappa shape index (κ1) is 13.8. The molecule has 1 aromatic rings. The molecule has 0 amide bonds. The minimum atomic E-state index is -4.89. The Morgan fingerprint density at radius 1 is 1.33 bits per heavy atom. The Bertz CT molecular complexity index is 492. The summed E-state index contributed by atoms with van der Waals surface area (Å²) in [5, 5.41) is 8.41. The van der Waals surface area contributed by atoms with Gasteiger partial charge in [-0.2, -0.15) is 0 Å². The molecule has 7 heteroatoms. The lowest BCUT2D eigenvalue weighted by molar-refractivity contribution is -0.274. The predicted molar refractivity (Wildman–Crippen MR) is 55.2 cm³/mol. The Balaban J connectivity index is 3.16. The van der Waals surface area contributed by atoms with Crippen LogP contribution in [0.5, 0.6) is 5.75 Å². The second-order valence-corrected chi connectivity index (χ2v) is 3.13. The third kappa shape index (κ3) is 4.28. The molecule has 1 rings (SSSR count). The van der Waals surface area contributed by atoms with Gasteiger partial charge in [-0.3, -0.25) is 4.79 Å². The van der Waals surface area contributed by atoms with Crippen molar-refractivity contribution < 1.29 is 32.6 Å². The fourth-order valence-electron chi connectivity index (χ4n) is 1.15. The minimum Gasteiger partial charge on any atom is -0.478 e. The van der Waals surface area contributed by atoms with E-state index in [1.807, 2.05) is 0 Å². The molecule has 4 nitrogen and oxygen atoms in total. The van der Waals surface area contributed by atoms with Crippen LogP contribution in [0, 0.1) is 0 Å². The van der Waals surface area contributed by atoms with Gasteiger partial charge in [-0.15, -0.1) is 13.2 Å². The van der Waals surface area contributed by atoms with Gasteiger partial charge in [0.1, 0.15) is 12.0 Å². The summed E-state index contributed by atoms with van der Waals surface area (Å²) < 4.78 is 39.9. The van der Waals surface area contributed by atoms with Crippen LogP contribution >= 0.6 is 0 Å². The van der Waals surface area contributed by atoms with E-state index < -0.39 is 18.1 Å². The van der Waals surface area contributed by atoms with Gasteiger partial charge in [0, 0.05) is 17.2 Å². The van der Waals surface area contributed by atoms with Crippen molar-refractivity contribution in [3.05, 3.63) is 35.4 Å². The zero-order valence-corrected chi connectivity index (χ0v) is 8.77. The molecule has 0 unspecified atom stereocenters.